The Morgan fingerprint density at radius 1 is 1.32 bits per heavy atom. The van der Waals surface area contributed by atoms with Crippen molar-refractivity contribution in [1.29, 1.82) is 0 Å². The van der Waals surface area contributed by atoms with Crippen molar-refractivity contribution in [1.82, 2.24) is 9.80 Å². The molecule has 0 aromatic carbocycles. The standard InChI is InChI=1S/C25H37BrN2O5S/c1-6-8-9-14-33-23(32)17-18-21(30)27(12-10-13-29)20(25(18)15-16(26)19(17)34-25)22(31)28(11-7-2)24(3,4)5/h6-7,16-20,29H,1-2,8-15H2,3-5H3/t16?,17-,18-,19-,20?,25?/m0/s1. The molecule has 2 amide bonds. The van der Waals surface area contributed by atoms with Gasteiger partial charge in [-0.25, -0.2) is 0 Å². The third-order valence-electron chi connectivity index (χ3n) is 7.04. The summed E-state index contributed by atoms with van der Waals surface area (Å²) in [4.78, 5) is 44.6. The quantitative estimate of drug-likeness (QED) is 0.182. The van der Waals surface area contributed by atoms with Crippen LogP contribution in [0.1, 0.15) is 46.5 Å². The average molecular weight is 558 g/mol. The summed E-state index contributed by atoms with van der Waals surface area (Å²) in [6, 6.07) is -0.704. The molecule has 3 saturated heterocycles. The van der Waals surface area contributed by atoms with E-state index in [1.165, 1.54) is 0 Å². The number of unbranched alkanes of at least 4 members (excludes halogenated alkanes) is 1. The number of esters is 1. The highest BCUT2D eigenvalue weighted by atomic mass is 79.9. The molecule has 1 N–H and O–H groups in total. The third-order valence-corrected chi connectivity index (χ3v) is 10.3. The first-order valence-corrected chi connectivity index (χ1v) is 13.8. The summed E-state index contributed by atoms with van der Waals surface area (Å²) in [7, 11) is 0. The van der Waals surface area contributed by atoms with Gasteiger partial charge in [-0.15, -0.1) is 24.9 Å². The summed E-state index contributed by atoms with van der Waals surface area (Å²) in [5.41, 5.74) is -0.468. The molecule has 3 unspecified atom stereocenters. The van der Waals surface area contributed by atoms with Crippen molar-refractivity contribution >= 4 is 45.5 Å². The predicted octanol–water partition coefficient (Wildman–Crippen LogP) is 3.16. The maximum absolute atomic E-state index is 14.1. The van der Waals surface area contributed by atoms with Crippen LogP contribution in [-0.4, -0.2) is 85.4 Å². The number of alkyl halides is 1. The van der Waals surface area contributed by atoms with Crippen molar-refractivity contribution in [2.24, 2.45) is 11.8 Å². The van der Waals surface area contributed by atoms with E-state index in [1.54, 1.807) is 33.7 Å². The molecular weight excluding hydrogens is 520 g/mol. The van der Waals surface area contributed by atoms with Crippen LogP contribution in [0.5, 0.6) is 0 Å². The van der Waals surface area contributed by atoms with Crippen LogP contribution < -0.4 is 0 Å². The van der Waals surface area contributed by atoms with Gasteiger partial charge in [0.05, 0.1) is 23.2 Å². The largest absolute Gasteiger partial charge is 0.465 e. The zero-order valence-electron chi connectivity index (χ0n) is 20.4. The van der Waals surface area contributed by atoms with Gasteiger partial charge in [-0.2, -0.15) is 0 Å². The van der Waals surface area contributed by atoms with E-state index < -0.39 is 28.2 Å². The Morgan fingerprint density at radius 3 is 2.62 bits per heavy atom. The van der Waals surface area contributed by atoms with Crippen molar-refractivity contribution in [3.8, 4) is 0 Å². The summed E-state index contributed by atoms with van der Waals surface area (Å²) in [6.45, 7) is 14.3. The number of nitrogens with zero attached hydrogens (tertiary/aromatic N) is 2. The number of aliphatic hydroxyl groups is 1. The van der Waals surface area contributed by atoms with Gasteiger partial charge in [0.2, 0.25) is 11.8 Å². The molecule has 0 aromatic heterocycles. The fourth-order valence-electron chi connectivity index (χ4n) is 5.63. The van der Waals surface area contributed by atoms with Gasteiger partial charge >= 0.3 is 5.97 Å². The van der Waals surface area contributed by atoms with Gasteiger partial charge in [-0.05, 0) is 46.5 Å². The summed E-state index contributed by atoms with van der Waals surface area (Å²) >= 11 is 5.35. The predicted molar refractivity (Wildman–Crippen MR) is 138 cm³/mol. The summed E-state index contributed by atoms with van der Waals surface area (Å²) < 4.78 is 4.88. The van der Waals surface area contributed by atoms with E-state index in [-0.39, 0.29) is 47.6 Å². The molecule has 0 aliphatic carbocycles. The topological polar surface area (TPSA) is 87.1 Å². The van der Waals surface area contributed by atoms with Crippen molar-refractivity contribution < 1.29 is 24.2 Å². The van der Waals surface area contributed by atoms with Crippen LogP contribution in [0.4, 0.5) is 0 Å². The van der Waals surface area contributed by atoms with E-state index in [0.717, 1.165) is 6.42 Å². The highest BCUT2D eigenvalue weighted by Crippen LogP contribution is 2.68. The fraction of sp³-hybridized carbons (Fsp3) is 0.720. The molecule has 2 bridgehead atoms. The number of likely N-dealkylation sites (tertiary alicyclic amines) is 1. The molecule has 3 aliphatic heterocycles. The van der Waals surface area contributed by atoms with E-state index in [2.05, 4.69) is 29.1 Å². The van der Waals surface area contributed by atoms with E-state index in [1.807, 2.05) is 20.8 Å². The molecule has 190 valence electrons. The number of thioether (sulfide) groups is 1. The number of carbonyl (C=O) groups excluding carboxylic acids is 3. The van der Waals surface area contributed by atoms with Crippen LogP contribution in [0.25, 0.3) is 0 Å². The first-order chi connectivity index (χ1) is 16.0. The van der Waals surface area contributed by atoms with E-state index in [9.17, 15) is 19.5 Å². The molecule has 3 fully saturated rings. The molecule has 0 saturated carbocycles. The van der Waals surface area contributed by atoms with Crippen LogP contribution in [0.3, 0.4) is 0 Å². The van der Waals surface area contributed by atoms with E-state index in [0.29, 0.717) is 25.8 Å². The minimum Gasteiger partial charge on any atom is -0.465 e. The normalized spacial score (nSPS) is 32.0. The number of rotatable bonds is 11. The van der Waals surface area contributed by atoms with Gasteiger partial charge in [0.1, 0.15) is 6.04 Å². The van der Waals surface area contributed by atoms with Gasteiger partial charge in [0.25, 0.3) is 0 Å². The smallest absolute Gasteiger partial charge is 0.310 e. The lowest BCUT2D eigenvalue weighted by atomic mass is 9.71. The van der Waals surface area contributed by atoms with Crippen LogP contribution in [0.2, 0.25) is 0 Å². The fourth-order valence-corrected chi connectivity index (χ4v) is 9.22. The SMILES string of the molecule is C=CCCCOC(=O)[C@H]1[C@H]2C(=O)N(CCCO)C(C(=O)N(CC=C)C(C)(C)C)C23CC(Br)[C@@H]1S3. The molecule has 9 heteroatoms. The molecule has 3 heterocycles. The molecule has 3 aliphatic rings. The number of hydrogen-bond donors (Lipinski definition) is 1. The zero-order valence-corrected chi connectivity index (χ0v) is 22.8. The number of allylic oxidation sites excluding steroid dienone is 1. The maximum atomic E-state index is 14.1. The Bertz CT molecular complexity index is 831. The summed E-state index contributed by atoms with van der Waals surface area (Å²) in [6.07, 6.45) is 5.91. The monoisotopic (exact) mass is 556 g/mol. The molecule has 34 heavy (non-hydrogen) atoms. The first kappa shape index (κ1) is 27.3. The second-order valence-corrected chi connectivity index (χ2v) is 13.0. The minimum atomic E-state index is -0.710. The summed E-state index contributed by atoms with van der Waals surface area (Å²) in [5.74, 6) is -1.88. The number of ether oxygens (including phenoxy) is 1. The van der Waals surface area contributed by atoms with Crippen molar-refractivity contribution in [2.45, 2.75) is 72.9 Å². The third kappa shape index (κ3) is 4.72. The molecule has 0 aromatic rings. The van der Waals surface area contributed by atoms with Gasteiger partial charge in [-0.1, -0.05) is 28.1 Å². The number of amides is 2. The molecule has 6 atom stereocenters. The molecular formula is C25H37BrN2O5S. The van der Waals surface area contributed by atoms with Gasteiger partial charge in [0.15, 0.2) is 0 Å². The van der Waals surface area contributed by atoms with Gasteiger partial charge < -0.3 is 19.6 Å². The number of hydrogen-bond acceptors (Lipinski definition) is 6. The highest BCUT2D eigenvalue weighted by Gasteiger charge is 2.76. The highest BCUT2D eigenvalue weighted by molar-refractivity contribution is 9.09. The van der Waals surface area contributed by atoms with Crippen molar-refractivity contribution in [2.75, 3.05) is 26.3 Å². The number of fused-ring (bicyclic) bond motifs is 1. The maximum Gasteiger partial charge on any atom is 0.310 e. The van der Waals surface area contributed by atoms with Gasteiger partial charge in [-0.3, -0.25) is 14.4 Å². The zero-order chi connectivity index (χ0) is 25.3. The second-order valence-electron chi connectivity index (χ2n) is 10.3. The molecule has 0 radical (unpaired) electrons. The Balaban J connectivity index is 1.99. The number of halogens is 1. The lowest BCUT2D eigenvalue weighted by Gasteiger charge is -2.42. The minimum absolute atomic E-state index is 0.00265. The Morgan fingerprint density at radius 2 is 2.03 bits per heavy atom. The van der Waals surface area contributed by atoms with Crippen LogP contribution >= 0.6 is 27.7 Å². The Kier molecular flexibility index (Phi) is 8.62. The van der Waals surface area contributed by atoms with Crippen molar-refractivity contribution in [3.05, 3.63) is 25.3 Å². The Hall–Kier alpha value is -1.32. The molecule has 3 rings (SSSR count). The first-order valence-electron chi connectivity index (χ1n) is 12.0. The van der Waals surface area contributed by atoms with Crippen LogP contribution in [-0.2, 0) is 19.1 Å². The van der Waals surface area contributed by atoms with Crippen molar-refractivity contribution in [3.63, 3.8) is 0 Å². The molecule has 7 nitrogen and oxygen atoms in total. The number of aliphatic hydroxyl groups excluding tert-OH is 1. The Labute approximate surface area is 215 Å². The van der Waals surface area contributed by atoms with E-state index in [4.69, 9.17) is 4.74 Å². The second kappa shape index (κ2) is 10.7. The summed E-state index contributed by atoms with van der Waals surface area (Å²) in [5, 5.41) is 9.35. The van der Waals surface area contributed by atoms with Gasteiger partial charge in [0, 0.05) is 35.3 Å². The lowest BCUT2D eigenvalue weighted by Crippen LogP contribution is -2.59. The van der Waals surface area contributed by atoms with E-state index >= 15 is 0 Å². The lowest BCUT2D eigenvalue weighted by molar-refractivity contribution is -0.154. The van der Waals surface area contributed by atoms with Crippen LogP contribution in [0.15, 0.2) is 25.3 Å². The molecule has 1 spiro atoms. The number of carbonyl (C=O) groups is 3. The van der Waals surface area contributed by atoms with Crippen LogP contribution in [0, 0.1) is 11.8 Å². The average Bonchev–Trinajstić information content (AvgIpc) is 3.35.